The Bertz CT molecular complexity index is 775. The van der Waals surface area contributed by atoms with Gasteiger partial charge in [0.15, 0.2) is 5.82 Å². The number of nitrogens with zero attached hydrogens (tertiary/aromatic N) is 2. The van der Waals surface area contributed by atoms with Crippen LogP contribution >= 0.6 is 0 Å². The number of anilines is 1. The van der Waals surface area contributed by atoms with E-state index in [2.05, 4.69) is 20.2 Å². The van der Waals surface area contributed by atoms with Crippen LogP contribution in [0.5, 0.6) is 0 Å². The number of methoxy groups -OCH3 is 1. The summed E-state index contributed by atoms with van der Waals surface area (Å²) in [4.78, 5) is 27.9. The molecule has 1 amide bonds. The largest absolute Gasteiger partial charge is 0.465 e. The lowest BCUT2D eigenvalue weighted by atomic mass is 9.96. The Labute approximate surface area is 146 Å². The van der Waals surface area contributed by atoms with Crippen LogP contribution in [0.1, 0.15) is 54.8 Å². The topological polar surface area (TPSA) is 94.3 Å². The number of carbonyl (C=O) groups is 2. The van der Waals surface area contributed by atoms with Crippen LogP contribution in [0.15, 0.2) is 22.7 Å². The quantitative estimate of drug-likeness (QED) is 0.837. The number of amides is 1. The van der Waals surface area contributed by atoms with E-state index in [4.69, 9.17) is 4.52 Å². The van der Waals surface area contributed by atoms with Crippen molar-refractivity contribution >= 4 is 17.6 Å². The number of aryl methyl sites for hydroxylation is 2. The minimum Gasteiger partial charge on any atom is -0.465 e. The number of nitrogens with one attached hydrogen (secondary N) is 1. The zero-order chi connectivity index (χ0) is 18.6. The van der Waals surface area contributed by atoms with E-state index in [0.717, 1.165) is 5.56 Å². The summed E-state index contributed by atoms with van der Waals surface area (Å²) in [5.74, 6) is 0.492. The van der Waals surface area contributed by atoms with Crippen LogP contribution in [-0.4, -0.2) is 29.1 Å². The molecule has 25 heavy (non-hydrogen) atoms. The van der Waals surface area contributed by atoms with Gasteiger partial charge in [0.2, 0.25) is 11.8 Å². The van der Waals surface area contributed by atoms with Crippen molar-refractivity contribution in [3.8, 4) is 0 Å². The van der Waals surface area contributed by atoms with Gasteiger partial charge < -0.3 is 14.6 Å². The summed E-state index contributed by atoms with van der Waals surface area (Å²) >= 11 is 0. The van der Waals surface area contributed by atoms with Crippen LogP contribution in [0.4, 0.5) is 5.69 Å². The molecular weight excluding hydrogens is 322 g/mol. The first kappa shape index (κ1) is 18.6. The van der Waals surface area contributed by atoms with Crippen molar-refractivity contribution in [1.82, 2.24) is 10.1 Å². The maximum absolute atomic E-state index is 12.1. The van der Waals surface area contributed by atoms with Gasteiger partial charge in [0.05, 0.1) is 12.7 Å². The van der Waals surface area contributed by atoms with Gasteiger partial charge in [0.25, 0.3) is 0 Å². The highest BCUT2D eigenvalue weighted by atomic mass is 16.5. The minimum absolute atomic E-state index is 0.163. The molecule has 7 nitrogen and oxygen atoms in total. The number of rotatable bonds is 5. The molecule has 0 aliphatic rings. The van der Waals surface area contributed by atoms with E-state index in [1.54, 1.807) is 18.2 Å². The third-order valence-corrected chi connectivity index (χ3v) is 3.63. The van der Waals surface area contributed by atoms with Gasteiger partial charge >= 0.3 is 5.97 Å². The summed E-state index contributed by atoms with van der Waals surface area (Å²) in [5, 5.41) is 6.76. The average Bonchev–Trinajstić information content (AvgIpc) is 3.03. The number of benzene rings is 1. The summed E-state index contributed by atoms with van der Waals surface area (Å²) in [5.41, 5.74) is 1.68. The van der Waals surface area contributed by atoms with Crippen molar-refractivity contribution in [3.05, 3.63) is 41.0 Å². The molecule has 0 spiro atoms. The first-order chi connectivity index (χ1) is 11.7. The molecule has 134 valence electrons. The molecule has 2 rings (SSSR count). The molecule has 0 saturated carbocycles. The summed E-state index contributed by atoms with van der Waals surface area (Å²) in [7, 11) is 1.33. The van der Waals surface area contributed by atoms with Crippen LogP contribution in [0.2, 0.25) is 0 Å². The van der Waals surface area contributed by atoms with Crippen molar-refractivity contribution in [2.24, 2.45) is 0 Å². The van der Waals surface area contributed by atoms with E-state index in [1.165, 1.54) is 7.11 Å². The molecule has 0 atom stereocenters. The van der Waals surface area contributed by atoms with E-state index in [-0.39, 0.29) is 17.7 Å². The van der Waals surface area contributed by atoms with Gasteiger partial charge in [0, 0.05) is 23.9 Å². The Balaban J connectivity index is 1.94. The van der Waals surface area contributed by atoms with Gasteiger partial charge in [-0.3, -0.25) is 4.79 Å². The number of aromatic nitrogens is 2. The summed E-state index contributed by atoms with van der Waals surface area (Å²) < 4.78 is 9.85. The first-order valence-electron chi connectivity index (χ1n) is 8.02. The smallest absolute Gasteiger partial charge is 0.337 e. The van der Waals surface area contributed by atoms with E-state index in [1.807, 2.05) is 27.7 Å². The molecule has 1 heterocycles. The number of carbonyl (C=O) groups excluding carboxylic acids is 2. The Morgan fingerprint density at radius 1 is 1.28 bits per heavy atom. The average molecular weight is 345 g/mol. The van der Waals surface area contributed by atoms with Crippen molar-refractivity contribution in [1.29, 1.82) is 0 Å². The molecule has 0 unspecified atom stereocenters. The van der Waals surface area contributed by atoms with Crippen LogP contribution in [0.3, 0.4) is 0 Å². The lowest BCUT2D eigenvalue weighted by Crippen LogP contribution is -2.14. The fraction of sp³-hybridized carbons (Fsp3) is 0.444. The molecule has 0 saturated heterocycles. The molecule has 1 aromatic carbocycles. The monoisotopic (exact) mass is 345 g/mol. The van der Waals surface area contributed by atoms with Crippen molar-refractivity contribution in [2.45, 2.75) is 46.0 Å². The highest BCUT2D eigenvalue weighted by molar-refractivity contribution is 5.94. The fourth-order valence-corrected chi connectivity index (χ4v) is 2.14. The highest BCUT2D eigenvalue weighted by Gasteiger charge is 2.21. The summed E-state index contributed by atoms with van der Waals surface area (Å²) in [6, 6.07) is 4.97. The second-order valence-electron chi connectivity index (χ2n) is 6.83. The molecule has 0 fully saturated rings. The van der Waals surface area contributed by atoms with Crippen LogP contribution in [0, 0.1) is 6.92 Å². The predicted molar refractivity (Wildman–Crippen MR) is 92.5 cm³/mol. The molecule has 0 aliphatic heterocycles. The Hall–Kier alpha value is -2.70. The SMILES string of the molecule is COC(=O)c1ccc(NC(=O)CCc2nc(C(C)(C)C)no2)c(C)c1. The Morgan fingerprint density at radius 3 is 2.56 bits per heavy atom. The van der Waals surface area contributed by atoms with Gasteiger partial charge in [-0.2, -0.15) is 4.98 Å². The zero-order valence-corrected chi connectivity index (χ0v) is 15.2. The number of hydrogen-bond acceptors (Lipinski definition) is 6. The number of hydrogen-bond donors (Lipinski definition) is 1. The first-order valence-corrected chi connectivity index (χ1v) is 8.02. The molecule has 2 aromatic rings. The van der Waals surface area contributed by atoms with E-state index in [0.29, 0.717) is 29.4 Å². The van der Waals surface area contributed by atoms with Crippen LogP contribution in [-0.2, 0) is 21.4 Å². The van der Waals surface area contributed by atoms with E-state index < -0.39 is 5.97 Å². The van der Waals surface area contributed by atoms with Gasteiger partial charge in [-0.25, -0.2) is 4.79 Å². The van der Waals surface area contributed by atoms with Gasteiger partial charge in [-0.1, -0.05) is 25.9 Å². The Morgan fingerprint density at radius 2 is 2.00 bits per heavy atom. The van der Waals surface area contributed by atoms with Gasteiger partial charge in [-0.15, -0.1) is 0 Å². The minimum atomic E-state index is -0.410. The fourth-order valence-electron chi connectivity index (χ4n) is 2.14. The molecule has 0 radical (unpaired) electrons. The van der Waals surface area contributed by atoms with Crippen LogP contribution < -0.4 is 5.32 Å². The van der Waals surface area contributed by atoms with Crippen molar-refractivity contribution in [3.63, 3.8) is 0 Å². The second-order valence-corrected chi connectivity index (χ2v) is 6.83. The summed E-state index contributed by atoms with van der Waals surface area (Å²) in [6.45, 7) is 7.80. The van der Waals surface area contributed by atoms with Crippen LogP contribution in [0.25, 0.3) is 0 Å². The molecule has 7 heteroatoms. The number of esters is 1. The molecular formula is C18H23N3O4. The van der Waals surface area contributed by atoms with Gasteiger partial charge in [-0.05, 0) is 30.7 Å². The molecule has 0 aliphatic carbocycles. The molecule has 1 N–H and O–H groups in total. The highest BCUT2D eigenvalue weighted by Crippen LogP contribution is 2.20. The lowest BCUT2D eigenvalue weighted by molar-refractivity contribution is -0.116. The standard InChI is InChI=1S/C18H23N3O4/c1-11-10-12(16(23)24-5)6-7-13(11)19-14(22)8-9-15-20-17(21-25-15)18(2,3)4/h6-7,10H,8-9H2,1-5H3,(H,19,22). The Kier molecular flexibility index (Phi) is 5.56. The third kappa shape index (κ3) is 4.89. The maximum atomic E-state index is 12.1. The van der Waals surface area contributed by atoms with Crippen molar-refractivity contribution < 1.29 is 18.8 Å². The van der Waals surface area contributed by atoms with Crippen molar-refractivity contribution in [2.75, 3.05) is 12.4 Å². The summed E-state index contributed by atoms with van der Waals surface area (Å²) in [6.07, 6.45) is 0.595. The van der Waals surface area contributed by atoms with E-state index in [9.17, 15) is 9.59 Å². The molecule has 0 bridgehead atoms. The normalized spacial score (nSPS) is 11.2. The second kappa shape index (κ2) is 7.46. The van der Waals surface area contributed by atoms with E-state index >= 15 is 0 Å². The third-order valence-electron chi connectivity index (χ3n) is 3.63. The zero-order valence-electron chi connectivity index (χ0n) is 15.2. The molecule has 1 aromatic heterocycles. The predicted octanol–water partition coefficient (Wildman–Crippen LogP) is 3.03. The van der Waals surface area contributed by atoms with Gasteiger partial charge in [0.1, 0.15) is 0 Å². The number of ether oxygens (including phenoxy) is 1. The maximum Gasteiger partial charge on any atom is 0.337 e. The lowest BCUT2D eigenvalue weighted by Gasteiger charge is -2.11.